The Morgan fingerprint density at radius 1 is 1.07 bits per heavy atom. The highest BCUT2D eigenvalue weighted by Gasteiger charge is 2.10. The Bertz CT molecular complexity index is 545. The van der Waals surface area contributed by atoms with Crippen molar-refractivity contribution in [3.63, 3.8) is 0 Å². The first kappa shape index (κ1) is 22.6. The molecule has 0 bridgehead atoms. The van der Waals surface area contributed by atoms with Crippen molar-refractivity contribution in [1.82, 2.24) is 15.5 Å². The van der Waals surface area contributed by atoms with Crippen LogP contribution in [0.25, 0.3) is 0 Å². The number of benzene rings is 1. The molecule has 1 fully saturated rings. The summed E-state index contributed by atoms with van der Waals surface area (Å²) < 4.78 is 15.8. The molecule has 2 N–H and O–H groups in total. The maximum Gasteiger partial charge on any atom is 0.191 e. The summed E-state index contributed by atoms with van der Waals surface area (Å²) in [5, 5.41) is 6.65. The van der Waals surface area contributed by atoms with E-state index in [0.29, 0.717) is 19.8 Å². The van der Waals surface area contributed by atoms with E-state index in [4.69, 9.17) is 14.2 Å². The van der Waals surface area contributed by atoms with Gasteiger partial charge in [-0.2, -0.15) is 0 Å². The van der Waals surface area contributed by atoms with E-state index < -0.39 is 0 Å². The van der Waals surface area contributed by atoms with Gasteiger partial charge in [0.05, 0.1) is 33.0 Å². The lowest BCUT2D eigenvalue weighted by Gasteiger charge is -2.26. The molecule has 0 aliphatic carbocycles. The standard InChI is InChI=1S/C21H36N4O3/c1-3-22-21(23-9-4-12-27-16-15-26-2)24-17-19-5-7-20(8-6-19)18-25-10-13-28-14-11-25/h5-8H,3-4,9-18H2,1-2H3,(H2,22,23,24). The number of ether oxygens (including phenoxy) is 3. The number of methoxy groups -OCH3 is 1. The van der Waals surface area contributed by atoms with Gasteiger partial charge in [-0.15, -0.1) is 0 Å². The molecule has 28 heavy (non-hydrogen) atoms. The van der Waals surface area contributed by atoms with E-state index in [9.17, 15) is 0 Å². The third-order valence-electron chi connectivity index (χ3n) is 4.49. The van der Waals surface area contributed by atoms with E-state index in [-0.39, 0.29) is 0 Å². The number of aliphatic imine (C=N–C) groups is 1. The lowest BCUT2D eigenvalue weighted by atomic mass is 10.1. The van der Waals surface area contributed by atoms with Crippen LogP contribution in [0.4, 0.5) is 0 Å². The van der Waals surface area contributed by atoms with Crippen LogP contribution >= 0.6 is 0 Å². The molecule has 0 amide bonds. The second-order valence-corrected chi connectivity index (χ2v) is 6.79. The predicted molar refractivity (Wildman–Crippen MR) is 113 cm³/mol. The number of morpholine rings is 1. The Labute approximate surface area is 169 Å². The summed E-state index contributed by atoms with van der Waals surface area (Å²) in [6, 6.07) is 8.76. The Morgan fingerprint density at radius 2 is 1.82 bits per heavy atom. The van der Waals surface area contributed by atoms with E-state index in [2.05, 4.69) is 51.7 Å². The minimum atomic E-state index is 0.642. The minimum Gasteiger partial charge on any atom is -0.382 e. The lowest BCUT2D eigenvalue weighted by molar-refractivity contribution is 0.0342. The summed E-state index contributed by atoms with van der Waals surface area (Å²) in [6.07, 6.45) is 0.935. The van der Waals surface area contributed by atoms with Crippen molar-refractivity contribution in [2.75, 3.05) is 66.3 Å². The number of nitrogens with one attached hydrogen (secondary N) is 2. The number of guanidine groups is 1. The summed E-state index contributed by atoms with van der Waals surface area (Å²) in [5.41, 5.74) is 2.55. The van der Waals surface area contributed by atoms with Gasteiger partial charge < -0.3 is 24.8 Å². The van der Waals surface area contributed by atoms with Crippen LogP contribution in [0.1, 0.15) is 24.5 Å². The van der Waals surface area contributed by atoms with Gasteiger partial charge in [-0.05, 0) is 24.5 Å². The Morgan fingerprint density at radius 3 is 2.54 bits per heavy atom. The molecular weight excluding hydrogens is 356 g/mol. The number of nitrogens with zero attached hydrogens (tertiary/aromatic N) is 2. The van der Waals surface area contributed by atoms with Gasteiger partial charge in [0.2, 0.25) is 0 Å². The van der Waals surface area contributed by atoms with Crippen LogP contribution < -0.4 is 10.6 Å². The van der Waals surface area contributed by atoms with Gasteiger partial charge in [-0.1, -0.05) is 24.3 Å². The van der Waals surface area contributed by atoms with E-state index >= 15 is 0 Å². The smallest absolute Gasteiger partial charge is 0.191 e. The van der Waals surface area contributed by atoms with Crippen LogP contribution in [0.15, 0.2) is 29.3 Å². The van der Waals surface area contributed by atoms with Crippen molar-refractivity contribution < 1.29 is 14.2 Å². The van der Waals surface area contributed by atoms with Crippen molar-refractivity contribution in [1.29, 1.82) is 0 Å². The fraction of sp³-hybridized carbons (Fsp3) is 0.667. The van der Waals surface area contributed by atoms with Crippen LogP contribution in [0.3, 0.4) is 0 Å². The highest BCUT2D eigenvalue weighted by Crippen LogP contribution is 2.10. The molecule has 1 aromatic rings. The second kappa shape index (κ2) is 14.3. The normalized spacial score (nSPS) is 15.6. The van der Waals surface area contributed by atoms with Crippen molar-refractivity contribution >= 4 is 5.96 Å². The Kier molecular flexibility index (Phi) is 11.6. The average molecular weight is 393 g/mol. The van der Waals surface area contributed by atoms with Gasteiger partial charge in [0, 0.05) is 46.4 Å². The summed E-state index contributed by atoms with van der Waals surface area (Å²) in [5.74, 6) is 0.844. The lowest BCUT2D eigenvalue weighted by Crippen LogP contribution is -2.38. The molecule has 1 aliphatic heterocycles. The SMILES string of the molecule is CCNC(=NCc1ccc(CN2CCOCC2)cc1)NCCCOCCOC. The van der Waals surface area contributed by atoms with Crippen LogP contribution in [0.5, 0.6) is 0 Å². The van der Waals surface area contributed by atoms with E-state index in [1.54, 1.807) is 7.11 Å². The molecule has 158 valence electrons. The molecule has 0 spiro atoms. The molecule has 7 heteroatoms. The predicted octanol–water partition coefficient (Wildman–Crippen LogP) is 1.63. The summed E-state index contributed by atoms with van der Waals surface area (Å²) in [7, 11) is 1.68. The molecule has 7 nitrogen and oxygen atoms in total. The number of hydrogen-bond acceptors (Lipinski definition) is 5. The molecular formula is C21H36N4O3. The van der Waals surface area contributed by atoms with Crippen LogP contribution in [0.2, 0.25) is 0 Å². The highest BCUT2D eigenvalue weighted by atomic mass is 16.5. The second-order valence-electron chi connectivity index (χ2n) is 6.79. The van der Waals surface area contributed by atoms with Crippen LogP contribution in [-0.4, -0.2) is 77.2 Å². The zero-order chi connectivity index (χ0) is 19.9. The molecule has 0 atom stereocenters. The first-order valence-corrected chi connectivity index (χ1v) is 10.3. The minimum absolute atomic E-state index is 0.642. The van der Waals surface area contributed by atoms with Gasteiger partial charge in [0.25, 0.3) is 0 Å². The molecule has 0 radical (unpaired) electrons. The van der Waals surface area contributed by atoms with Gasteiger partial charge in [0.1, 0.15) is 0 Å². The van der Waals surface area contributed by atoms with Crippen LogP contribution in [0, 0.1) is 0 Å². The Balaban J connectivity index is 1.71. The van der Waals surface area contributed by atoms with Gasteiger partial charge >= 0.3 is 0 Å². The van der Waals surface area contributed by atoms with Crippen LogP contribution in [-0.2, 0) is 27.3 Å². The molecule has 0 saturated carbocycles. The molecule has 0 aromatic heterocycles. The Hall–Kier alpha value is -1.67. The molecule has 1 heterocycles. The van der Waals surface area contributed by atoms with Gasteiger partial charge in [-0.25, -0.2) is 4.99 Å². The zero-order valence-electron chi connectivity index (χ0n) is 17.4. The molecule has 1 aromatic carbocycles. The first-order chi connectivity index (χ1) is 13.8. The first-order valence-electron chi connectivity index (χ1n) is 10.3. The fourth-order valence-electron chi connectivity index (χ4n) is 2.90. The topological polar surface area (TPSA) is 67.4 Å². The van der Waals surface area contributed by atoms with Gasteiger partial charge in [-0.3, -0.25) is 4.90 Å². The summed E-state index contributed by atoms with van der Waals surface area (Å²) in [6.45, 7) is 11.1. The highest BCUT2D eigenvalue weighted by molar-refractivity contribution is 5.79. The van der Waals surface area contributed by atoms with Crippen molar-refractivity contribution in [3.8, 4) is 0 Å². The molecule has 1 saturated heterocycles. The molecule has 0 unspecified atom stereocenters. The number of hydrogen-bond donors (Lipinski definition) is 2. The van der Waals surface area contributed by atoms with E-state index in [0.717, 1.165) is 64.9 Å². The van der Waals surface area contributed by atoms with Crippen molar-refractivity contribution in [3.05, 3.63) is 35.4 Å². The third kappa shape index (κ3) is 9.50. The maximum absolute atomic E-state index is 5.48. The van der Waals surface area contributed by atoms with Gasteiger partial charge in [0.15, 0.2) is 5.96 Å². The maximum atomic E-state index is 5.48. The zero-order valence-corrected chi connectivity index (χ0v) is 17.4. The number of rotatable bonds is 12. The molecule has 1 aliphatic rings. The monoisotopic (exact) mass is 392 g/mol. The average Bonchev–Trinajstić information content (AvgIpc) is 2.73. The van der Waals surface area contributed by atoms with E-state index in [1.807, 2.05) is 0 Å². The summed E-state index contributed by atoms with van der Waals surface area (Å²) >= 11 is 0. The summed E-state index contributed by atoms with van der Waals surface area (Å²) in [4.78, 5) is 7.12. The van der Waals surface area contributed by atoms with Crippen molar-refractivity contribution in [2.24, 2.45) is 4.99 Å². The third-order valence-corrected chi connectivity index (χ3v) is 4.49. The quantitative estimate of drug-likeness (QED) is 0.320. The molecule has 2 rings (SSSR count). The fourth-order valence-corrected chi connectivity index (χ4v) is 2.90. The van der Waals surface area contributed by atoms with E-state index in [1.165, 1.54) is 11.1 Å². The van der Waals surface area contributed by atoms with Crippen molar-refractivity contribution in [2.45, 2.75) is 26.4 Å². The largest absolute Gasteiger partial charge is 0.382 e.